The number of hydrogen-bond donors (Lipinski definition) is 1. The summed E-state index contributed by atoms with van der Waals surface area (Å²) in [6.07, 6.45) is 1.86. The van der Waals surface area contributed by atoms with Gasteiger partial charge in [0.25, 0.3) is 0 Å². The Bertz CT molecular complexity index is 405. The Kier molecular flexibility index (Phi) is 3.18. The number of aromatic nitrogens is 2. The number of thiophene rings is 1. The molecule has 0 fully saturated rings. The van der Waals surface area contributed by atoms with Crippen LogP contribution in [-0.2, 0) is 6.54 Å². The second-order valence-electron chi connectivity index (χ2n) is 3.35. The van der Waals surface area contributed by atoms with Crippen LogP contribution in [-0.4, -0.2) is 16.8 Å². The van der Waals surface area contributed by atoms with Crippen molar-refractivity contribution in [1.82, 2.24) is 15.1 Å². The molecule has 3 nitrogen and oxygen atoms in total. The SMILES string of the molecule is CCn1nccc1C(NC)c1ccsc1. The van der Waals surface area contributed by atoms with Crippen LogP contribution in [0.2, 0.25) is 0 Å². The van der Waals surface area contributed by atoms with Gasteiger partial charge >= 0.3 is 0 Å². The van der Waals surface area contributed by atoms with Crippen molar-refractivity contribution in [3.05, 3.63) is 40.3 Å². The van der Waals surface area contributed by atoms with Crippen LogP contribution in [0.15, 0.2) is 29.1 Å². The van der Waals surface area contributed by atoms with Gasteiger partial charge in [-0.1, -0.05) is 0 Å². The molecule has 2 aromatic heterocycles. The van der Waals surface area contributed by atoms with Gasteiger partial charge in [0.1, 0.15) is 0 Å². The fourth-order valence-corrected chi connectivity index (χ4v) is 2.46. The summed E-state index contributed by atoms with van der Waals surface area (Å²) in [5.41, 5.74) is 2.52. The molecule has 0 spiro atoms. The smallest absolute Gasteiger partial charge is 0.0753 e. The molecule has 0 amide bonds. The molecule has 2 aromatic rings. The lowest BCUT2D eigenvalue weighted by atomic mass is 10.1. The van der Waals surface area contributed by atoms with Crippen LogP contribution >= 0.6 is 11.3 Å². The molecule has 0 aliphatic heterocycles. The highest BCUT2D eigenvalue weighted by Gasteiger charge is 2.15. The second kappa shape index (κ2) is 4.59. The number of aryl methyl sites for hydroxylation is 1. The van der Waals surface area contributed by atoms with E-state index in [1.807, 2.05) is 17.9 Å². The number of nitrogens with zero attached hydrogens (tertiary/aromatic N) is 2. The summed E-state index contributed by atoms with van der Waals surface area (Å²) in [5.74, 6) is 0. The highest BCUT2D eigenvalue weighted by atomic mass is 32.1. The maximum absolute atomic E-state index is 4.29. The average molecular weight is 221 g/mol. The van der Waals surface area contributed by atoms with Crippen LogP contribution in [0.4, 0.5) is 0 Å². The third-order valence-corrected chi connectivity index (χ3v) is 3.21. The molecule has 0 aliphatic carbocycles. The Labute approximate surface area is 93.7 Å². The zero-order valence-electron chi connectivity index (χ0n) is 8.97. The van der Waals surface area contributed by atoms with Crippen molar-refractivity contribution in [2.75, 3.05) is 7.05 Å². The minimum atomic E-state index is 0.249. The highest BCUT2D eigenvalue weighted by molar-refractivity contribution is 7.08. The molecule has 0 saturated carbocycles. The first-order valence-corrected chi connectivity index (χ1v) is 6.02. The molecule has 0 bridgehead atoms. The van der Waals surface area contributed by atoms with Crippen molar-refractivity contribution in [2.45, 2.75) is 19.5 Å². The van der Waals surface area contributed by atoms with E-state index in [-0.39, 0.29) is 6.04 Å². The van der Waals surface area contributed by atoms with Gasteiger partial charge in [-0.2, -0.15) is 16.4 Å². The van der Waals surface area contributed by atoms with Crippen molar-refractivity contribution in [2.24, 2.45) is 0 Å². The van der Waals surface area contributed by atoms with Gasteiger partial charge in [0.05, 0.1) is 11.7 Å². The monoisotopic (exact) mass is 221 g/mol. The van der Waals surface area contributed by atoms with E-state index < -0.39 is 0 Å². The molecule has 0 saturated heterocycles. The number of rotatable bonds is 4. The Morgan fingerprint density at radius 2 is 2.40 bits per heavy atom. The van der Waals surface area contributed by atoms with E-state index in [9.17, 15) is 0 Å². The summed E-state index contributed by atoms with van der Waals surface area (Å²) >= 11 is 1.72. The van der Waals surface area contributed by atoms with Crippen molar-refractivity contribution < 1.29 is 0 Å². The first kappa shape index (κ1) is 10.4. The number of hydrogen-bond acceptors (Lipinski definition) is 3. The van der Waals surface area contributed by atoms with E-state index in [1.165, 1.54) is 11.3 Å². The standard InChI is InChI=1S/C11H15N3S/c1-3-14-10(4-6-13-14)11(12-2)9-5-7-15-8-9/h4-8,11-12H,3H2,1-2H3. The van der Waals surface area contributed by atoms with Crippen LogP contribution in [0, 0.1) is 0 Å². The minimum absolute atomic E-state index is 0.249. The molecule has 0 aromatic carbocycles. The lowest BCUT2D eigenvalue weighted by Crippen LogP contribution is -2.20. The Hall–Kier alpha value is -1.13. The highest BCUT2D eigenvalue weighted by Crippen LogP contribution is 2.23. The average Bonchev–Trinajstić information content (AvgIpc) is 2.89. The van der Waals surface area contributed by atoms with Gasteiger partial charge in [0, 0.05) is 12.7 Å². The predicted molar refractivity (Wildman–Crippen MR) is 63.1 cm³/mol. The summed E-state index contributed by atoms with van der Waals surface area (Å²) in [5, 5.41) is 11.9. The van der Waals surface area contributed by atoms with Gasteiger partial charge in [0.15, 0.2) is 0 Å². The summed E-state index contributed by atoms with van der Waals surface area (Å²) in [4.78, 5) is 0. The topological polar surface area (TPSA) is 29.9 Å². The fraction of sp³-hybridized carbons (Fsp3) is 0.364. The molecular formula is C11H15N3S. The first-order valence-electron chi connectivity index (χ1n) is 5.08. The Morgan fingerprint density at radius 3 is 3.00 bits per heavy atom. The van der Waals surface area contributed by atoms with E-state index in [4.69, 9.17) is 0 Å². The van der Waals surface area contributed by atoms with E-state index in [1.54, 1.807) is 11.3 Å². The predicted octanol–water partition coefficient (Wildman–Crippen LogP) is 2.27. The molecule has 1 unspecified atom stereocenters. The van der Waals surface area contributed by atoms with Crippen LogP contribution in [0.1, 0.15) is 24.2 Å². The third-order valence-electron chi connectivity index (χ3n) is 2.51. The molecule has 2 rings (SSSR count). The maximum Gasteiger partial charge on any atom is 0.0753 e. The van der Waals surface area contributed by atoms with E-state index in [0.29, 0.717) is 0 Å². The molecular weight excluding hydrogens is 206 g/mol. The fourth-order valence-electron chi connectivity index (χ4n) is 1.78. The van der Waals surface area contributed by atoms with Crippen LogP contribution in [0.25, 0.3) is 0 Å². The Balaban J connectivity index is 2.35. The van der Waals surface area contributed by atoms with Crippen LogP contribution in [0.3, 0.4) is 0 Å². The van der Waals surface area contributed by atoms with Crippen molar-refractivity contribution >= 4 is 11.3 Å². The lowest BCUT2D eigenvalue weighted by molar-refractivity contribution is 0.564. The second-order valence-corrected chi connectivity index (χ2v) is 4.13. The lowest BCUT2D eigenvalue weighted by Gasteiger charge is -2.16. The summed E-state index contributed by atoms with van der Waals surface area (Å²) in [7, 11) is 1.98. The quantitative estimate of drug-likeness (QED) is 0.858. The zero-order chi connectivity index (χ0) is 10.7. The van der Waals surface area contributed by atoms with Crippen molar-refractivity contribution in [1.29, 1.82) is 0 Å². The van der Waals surface area contributed by atoms with E-state index in [2.05, 4.69) is 40.2 Å². The summed E-state index contributed by atoms with van der Waals surface area (Å²) < 4.78 is 2.03. The molecule has 0 radical (unpaired) electrons. The minimum Gasteiger partial charge on any atom is -0.308 e. The van der Waals surface area contributed by atoms with Crippen LogP contribution < -0.4 is 5.32 Å². The molecule has 15 heavy (non-hydrogen) atoms. The first-order chi connectivity index (χ1) is 7.36. The zero-order valence-corrected chi connectivity index (χ0v) is 9.79. The van der Waals surface area contributed by atoms with Gasteiger partial charge in [-0.25, -0.2) is 0 Å². The van der Waals surface area contributed by atoms with Gasteiger partial charge in [-0.3, -0.25) is 4.68 Å². The van der Waals surface area contributed by atoms with Gasteiger partial charge < -0.3 is 5.32 Å². The molecule has 4 heteroatoms. The van der Waals surface area contributed by atoms with E-state index >= 15 is 0 Å². The van der Waals surface area contributed by atoms with Crippen LogP contribution in [0.5, 0.6) is 0 Å². The van der Waals surface area contributed by atoms with Gasteiger partial charge in [0.2, 0.25) is 0 Å². The largest absolute Gasteiger partial charge is 0.308 e. The van der Waals surface area contributed by atoms with Gasteiger partial charge in [-0.15, -0.1) is 0 Å². The molecule has 1 N–H and O–H groups in total. The third kappa shape index (κ3) is 1.96. The molecule has 2 heterocycles. The molecule has 80 valence electrons. The van der Waals surface area contributed by atoms with Gasteiger partial charge in [-0.05, 0) is 42.4 Å². The summed E-state index contributed by atoms with van der Waals surface area (Å²) in [6, 6.07) is 4.47. The van der Waals surface area contributed by atoms with E-state index in [0.717, 1.165) is 6.54 Å². The number of nitrogens with one attached hydrogen (secondary N) is 1. The molecule has 0 aliphatic rings. The van der Waals surface area contributed by atoms with Crippen molar-refractivity contribution in [3.63, 3.8) is 0 Å². The molecule has 1 atom stereocenters. The summed E-state index contributed by atoms with van der Waals surface area (Å²) in [6.45, 7) is 3.02. The Morgan fingerprint density at radius 1 is 1.53 bits per heavy atom. The maximum atomic E-state index is 4.29. The van der Waals surface area contributed by atoms with Crippen molar-refractivity contribution in [3.8, 4) is 0 Å². The normalized spacial score (nSPS) is 12.9.